The van der Waals surface area contributed by atoms with E-state index in [2.05, 4.69) is 21.6 Å². The molecule has 0 bridgehead atoms. The van der Waals surface area contributed by atoms with Crippen LogP contribution < -0.4 is 10.2 Å². The summed E-state index contributed by atoms with van der Waals surface area (Å²) in [6.45, 7) is 0.261. The number of nitrogens with one attached hydrogen (secondary N) is 1. The average Bonchev–Trinajstić information content (AvgIpc) is 2.61. The van der Waals surface area contributed by atoms with Gasteiger partial charge in [0.25, 0.3) is 5.91 Å². The number of esters is 1. The molecule has 0 radical (unpaired) electrons. The number of likely N-dealkylation sites (N-methyl/N-ethyl adjacent to an activating group) is 1. The predicted octanol–water partition coefficient (Wildman–Crippen LogP) is 2.12. The number of nitrogens with zero attached hydrogens (tertiary/aromatic N) is 3. The molecule has 7 nitrogen and oxygen atoms in total. The molecule has 1 aromatic heterocycles. The molecule has 1 aromatic rings. The molecule has 1 amide bonds. The van der Waals surface area contributed by atoms with Gasteiger partial charge in [-0.05, 0) is 44.2 Å². The van der Waals surface area contributed by atoms with Crippen molar-refractivity contribution in [2.45, 2.75) is 32.1 Å². The number of amides is 1. The van der Waals surface area contributed by atoms with E-state index in [4.69, 9.17) is 16.3 Å². The van der Waals surface area contributed by atoms with E-state index < -0.39 is 5.97 Å². The molecule has 1 aliphatic carbocycles. The predicted molar refractivity (Wildman–Crippen MR) is 95.4 cm³/mol. The second kappa shape index (κ2) is 9.98. The number of halogens is 1. The summed E-state index contributed by atoms with van der Waals surface area (Å²) in [5.41, 5.74) is 1.40. The molecule has 1 heterocycles. The topological polar surface area (TPSA) is 84.4 Å². The number of allylic oxidation sites excluding steroid dienone is 1. The van der Waals surface area contributed by atoms with Crippen LogP contribution in [0.1, 0.15) is 32.1 Å². The van der Waals surface area contributed by atoms with Crippen molar-refractivity contribution in [3.63, 3.8) is 0 Å². The monoisotopic (exact) mass is 366 g/mol. The van der Waals surface area contributed by atoms with Gasteiger partial charge in [-0.3, -0.25) is 9.59 Å². The lowest BCUT2D eigenvalue weighted by Gasteiger charge is -2.16. The zero-order valence-electron chi connectivity index (χ0n) is 14.3. The van der Waals surface area contributed by atoms with Crippen molar-refractivity contribution in [2.75, 3.05) is 31.6 Å². The van der Waals surface area contributed by atoms with Gasteiger partial charge >= 0.3 is 5.97 Å². The molecular formula is C17H23ClN4O3. The number of carbonyl (C=O) groups excluding carboxylic acids is 2. The summed E-state index contributed by atoms with van der Waals surface area (Å²) in [6.07, 6.45) is 7.84. The van der Waals surface area contributed by atoms with Gasteiger partial charge < -0.3 is 15.0 Å². The Kier molecular flexibility index (Phi) is 7.66. The maximum Gasteiger partial charge on any atom is 0.326 e. The molecular weight excluding hydrogens is 344 g/mol. The number of rotatable bonds is 8. The summed E-state index contributed by atoms with van der Waals surface area (Å²) >= 11 is 5.67. The third kappa shape index (κ3) is 7.09. The number of aromatic nitrogens is 2. The first-order valence-electron chi connectivity index (χ1n) is 8.35. The minimum Gasteiger partial charge on any atom is -0.454 e. The first-order valence-corrected chi connectivity index (χ1v) is 8.73. The third-order valence-electron chi connectivity index (χ3n) is 3.89. The largest absolute Gasteiger partial charge is 0.454 e. The van der Waals surface area contributed by atoms with E-state index in [1.807, 2.05) is 0 Å². The lowest BCUT2D eigenvalue weighted by molar-refractivity contribution is -0.147. The minimum absolute atomic E-state index is 0.0313. The van der Waals surface area contributed by atoms with E-state index >= 15 is 0 Å². The van der Waals surface area contributed by atoms with Crippen LogP contribution in [0.2, 0.25) is 5.15 Å². The second-order valence-corrected chi connectivity index (χ2v) is 6.33. The molecule has 0 fully saturated rings. The van der Waals surface area contributed by atoms with Crippen LogP contribution in [0.25, 0.3) is 0 Å². The van der Waals surface area contributed by atoms with Gasteiger partial charge in [-0.25, -0.2) is 0 Å². The zero-order chi connectivity index (χ0) is 18.1. The lowest BCUT2D eigenvalue weighted by Crippen LogP contribution is -2.33. The Labute approximate surface area is 152 Å². The fourth-order valence-corrected chi connectivity index (χ4v) is 2.62. The quantitative estimate of drug-likeness (QED) is 0.560. The van der Waals surface area contributed by atoms with E-state index in [9.17, 15) is 9.59 Å². The number of hydrogen-bond donors (Lipinski definition) is 1. The van der Waals surface area contributed by atoms with Crippen LogP contribution in [0.4, 0.5) is 5.82 Å². The van der Waals surface area contributed by atoms with Gasteiger partial charge in [0.2, 0.25) is 0 Å². The highest BCUT2D eigenvalue weighted by atomic mass is 35.5. The van der Waals surface area contributed by atoms with E-state index in [1.54, 1.807) is 24.1 Å². The number of ether oxygens (including phenoxy) is 1. The first-order chi connectivity index (χ1) is 12.0. The maximum atomic E-state index is 11.8. The number of carbonyl (C=O) groups is 2. The average molecular weight is 367 g/mol. The Morgan fingerprint density at radius 1 is 1.32 bits per heavy atom. The van der Waals surface area contributed by atoms with E-state index in [0.717, 1.165) is 19.3 Å². The Hall–Kier alpha value is -2.15. The molecule has 0 saturated carbocycles. The van der Waals surface area contributed by atoms with Crippen LogP contribution in [0.5, 0.6) is 0 Å². The van der Waals surface area contributed by atoms with Gasteiger partial charge in [0, 0.05) is 13.6 Å². The van der Waals surface area contributed by atoms with Gasteiger partial charge in [0.05, 0.1) is 0 Å². The highest BCUT2D eigenvalue weighted by Gasteiger charge is 2.12. The molecule has 1 N–H and O–H groups in total. The summed E-state index contributed by atoms with van der Waals surface area (Å²) in [5.74, 6) is -0.311. The van der Waals surface area contributed by atoms with Gasteiger partial charge in [-0.2, -0.15) is 0 Å². The molecule has 0 spiro atoms. The highest BCUT2D eigenvalue weighted by Crippen LogP contribution is 2.19. The van der Waals surface area contributed by atoms with E-state index in [0.29, 0.717) is 12.4 Å². The van der Waals surface area contributed by atoms with Gasteiger partial charge in [0.1, 0.15) is 6.54 Å². The van der Waals surface area contributed by atoms with Crippen LogP contribution in [0.3, 0.4) is 0 Å². The molecule has 2 rings (SSSR count). The van der Waals surface area contributed by atoms with Crippen molar-refractivity contribution in [3.8, 4) is 0 Å². The molecule has 0 aliphatic heterocycles. The SMILES string of the molecule is CN(CC(=O)OCC(=O)NCCC1=CCCCC1)c1ccc(Cl)nn1. The summed E-state index contributed by atoms with van der Waals surface area (Å²) in [6, 6.07) is 3.23. The van der Waals surface area contributed by atoms with Crippen molar-refractivity contribution in [3.05, 3.63) is 28.9 Å². The zero-order valence-corrected chi connectivity index (χ0v) is 15.1. The first kappa shape index (κ1) is 19.2. The van der Waals surface area contributed by atoms with Crippen molar-refractivity contribution in [2.24, 2.45) is 0 Å². The molecule has 1 aliphatic rings. The van der Waals surface area contributed by atoms with Crippen LogP contribution >= 0.6 is 11.6 Å². The molecule has 136 valence electrons. The molecule has 0 saturated heterocycles. The van der Waals surface area contributed by atoms with Crippen LogP contribution in [-0.4, -0.2) is 48.8 Å². The Morgan fingerprint density at radius 2 is 2.16 bits per heavy atom. The summed E-state index contributed by atoms with van der Waals surface area (Å²) in [5, 5.41) is 10.6. The number of hydrogen-bond acceptors (Lipinski definition) is 6. The van der Waals surface area contributed by atoms with E-state index in [-0.39, 0.29) is 24.2 Å². The molecule has 0 aromatic carbocycles. The van der Waals surface area contributed by atoms with Gasteiger partial charge in [-0.15, -0.1) is 10.2 Å². The van der Waals surface area contributed by atoms with Crippen molar-refractivity contribution in [1.82, 2.24) is 15.5 Å². The van der Waals surface area contributed by atoms with Crippen molar-refractivity contribution < 1.29 is 14.3 Å². The standard InChI is InChI=1S/C17H23ClN4O3/c1-22(15-8-7-14(18)20-21-15)11-17(24)25-12-16(23)19-10-9-13-5-3-2-4-6-13/h5,7-8H,2-4,6,9-12H2,1H3,(H,19,23). The van der Waals surface area contributed by atoms with Crippen LogP contribution in [-0.2, 0) is 14.3 Å². The Morgan fingerprint density at radius 3 is 2.84 bits per heavy atom. The fraction of sp³-hybridized carbons (Fsp3) is 0.529. The van der Waals surface area contributed by atoms with Gasteiger partial charge in [0.15, 0.2) is 17.6 Å². The summed E-state index contributed by atoms with van der Waals surface area (Å²) in [4.78, 5) is 25.1. The van der Waals surface area contributed by atoms with Crippen LogP contribution in [0, 0.1) is 0 Å². The Balaban J connectivity index is 1.62. The highest BCUT2D eigenvalue weighted by molar-refractivity contribution is 6.29. The molecule has 25 heavy (non-hydrogen) atoms. The normalized spacial score (nSPS) is 13.8. The summed E-state index contributed by atoms with van der Waals surface area (Å²) < 4.78 is 4.98. The van der Waals surface area contributed by atoms with Gasteiger partial charge in [-0.1, -0.05) is 23.3 Å². The Bertz CT molecular complexity index is 619. The minimum atomic E-state index is -0.510. The second-order valence-electron chi connectivity index (χ2n) is 5.94. The lowest BCUT2D eigenvalue weighted by atomic mass is 9.97. The summed E-state index contributed by atoms with van der Waals surface area (Å²) in [7, 11) is 1.68. The smallest absolute Gasteiger partial charge is 0.326 e. The molecule has 0 atom stereocenters. The number of anilines is 1. The molecule has 8 heteroatoms. The third-order valence-corrected chi connectivity index (χ3v) is 4.09. The van der Waals surface area contributed by atoms with Crippen molar-refractivity contribution in [1.29, 1.82) is 0 Å². The van der Waals surface area contributed by atoms with Crippen LogP contribution in [0.15, 0.2) is 23.8 Å². The molecule has 0 unspecified atom stereocenters. The van der Waals surface area contributed by atoms with E-state index in [1.165, 1.54) is 18.4 Å². The maximum absolute atomic E-state index is 11.8. The van der Waals surface area contributed by atoms with Crippen molar-refractivity contribution >= 4 is 29.3 Å². The fourth-order valence-electron chi connectivity index (χ4n) is 2.52.